The molecule has 46 heavy (non-hydrogen) atoms. The van der Waals surface area contributed by atoms with Gasteiger partial charge in [0.1, 0.15) is 29.5 Å². The highest BCUT2D eigenvalue weighted by molar-refractivity contribution is 5.88. The number of ether oxygens (including phenoxy) is 6. The van der Waals surface area contributed by atoms with Crippen LogP contribution < -0.4 is 0 Å². The average Bonchev–Trinajstić information content (AvgIpc) is 3.78. The van der Waals surface area contributed by atoms with Crippen LogP contribution in [0, 0.1) is 22.2 Å². The Balaban J connectivity index is 1.42. The maximum atomic E-state index is 13.5. The molecule has 0 radical (unpaired) electrons. The lowest BCUT2D eigenvalue weighted by Crippen LogP contribution is -2.92. The van der Waals surface area contributed by atoms with Gasteiger partial charge in [0.25, 0.3) is 5.97 Å². The lowest BCUT2D eigenvalue weighted by molar-refractivity contribution is -0.443. The average molecular weight is 641 g/mol. The SMILES string of the molecule is C/C=C(\C)C(=O)O[C@@H]1C2(O)[C@H]3OC4(C)OC35C3=CC(=O)O[C@@H](c6ccoc6)[C@]3(C)CCC5(O4)[C@]3(C)[C@@H](CC(=O)OC)[C@@]1(C)C[C@]23O. The van der Waals surface area contributed by atoms with Crippen molar-refractivity contribution >= 4 is 17.9 Å². The minimum Gasteiger partial charge on any atom is -0.472 e. The van der Waals surface area contributed by atoms with Crippen molar-refractivity contribution in [2.75, 3.05) is 7.11 Å². The number of hydrogen-bond donors (Lipinski definition) is 2. The van der Waals surface area contributed by atoms with E-state index in [0.717, 1.165) is 0 Å². The molecule has 4 unspecified atom stereocenters. The van der Waals surface area contributed by atoms with Gasteiger partial charge in [-0.05, 0) is 50.7 Å². The molecule has 3 aliphatic heterocycles. The number of rotatable bonds is 5. The Labute approximate surface area is 266 Å². The first-order valence-corrected chi connectivity index (χ1v) is 15.9. The number of methoxy groups -OCH3 is 1. The van der Waals surface area contributed by atoms with Gasteiger partial charge in [0.2, 0.25) is 0 Å². The van der Waals surface area contributed by atoms with Crippen LogP contribution in [0.1, 0.15) is 78.9 Å². The summed E-state index contributed by atoms with van der Waals surface area (Å²) in [6, 6.07) is 1.74. The number of allylic oxidation sites excluding steroid dienone is 1. The van der Waals surface area contributed by atoms with Crippen molar-refractivity contribution in [2.24, 2.45) is 22.2 Å². The van der Waals surface area contributed by atoms with Crippen LogP contribution in [0.25, 0.3) is 0 Å². The molecule has 8 rings (SSSR count). The van der Waals surface area contributed by atoms with Crippen molar-refractivity contribution < 1.29 is 57.4 Å². The third kappa shape index (κ3) is 2.83. The molecule has 0 amide bonds. The van der Waals surface area contributed by atoms with Gasteiger partial charge in [0.05, 0.1) is 19.6 Å². The van der Waals surface area contributed by atoms with Crippen LogP contribution in [0.5, 0.6) is 0 Å². The van der Waals surface area contributed by atoms with Gasteiger partial charge < -0.3 is 43.1 Å². The van der Waals surface area contributed by atoms with E-state index in [1.54, 1.807) is 32.9 Å². The van der Waals surface area contributed by atoms with Crippen LogP contribution in [0.3, 0.4) is 0 Å². The van der Waals surface area contributed by atoms with Crippen molar-refractivity contribution in [3.05, 3.63) is 47.5 Å². The Morgan fingerprint density at radius 1 is 1.13 bits per heavy atom. The van der Waals surface area contributed by atoms with Crippen LogP contribution in [-0.2, 0) is 42.8 Å². The summed E-state index contributed by atoms with van der Waals surface area (Å²) in [5, 5.41) is 26.5. The molecule has 12 heteroatoms. The topological polar surface area (TPSA) is 160 Å². The predicted octanol–water partition coefficient (Wildman–Crippen LogP) is 3.16. The second-order valence-corrected chi connectivity index (χ2v) is 15.1. The first-order valence-electron chi connectivity index (χ1n) is 15.9. The maximum absolute atomic E-state index is 13.5. The molecule has 6 fully saturated rings. The lowest BCUT2D eigenvalue weighted by atomic mass is 9.35. The number of cyclic esters (lactones) is 1. The van der Waals surface area contributed by atoms with E-state index in [-0.39, 0.29) is 12.8 Å². The first kappa shape index (κ1) is 30.3. The fraction of sp³-hybridized carbons (Fsp3) is 0.676. The lowest BCUT2D eigenvalue weighted by Gasteiger charge is -2.75. The summed E-state index contributed by atoms with van der Waals surface area (Å²) in [5.41, 5.74) is -9.27. The van der Waals surface area contributed by atoms with E-state index in [1.165, 1.54) is 25.7 Å². The van der Waals surface area contributed by atoms with Crippen molar-refractivity contribution in [3.63, 3.8) is 0 Å². The Morgan fingerprint density at radius 3 is 2.52 bits per heavy atom. The largest absolute Gasteiger partial charge is 0.472 e. The van der Waals surface area contributed by atoms with E-state index in [2.05, 4.69) is 0 Å². The van der Waals surface area contributed by atoms with E-state index in [1.807, 2.05) is 20.8 Å². The van der Waals surface area contributed by atoms with Crippen LogP contribution >= 0.6 is 0 Å². The number of carbonyl (C=O) groups excluding carboxylic acids is 3. The third-order valence-electron chi connectivity index (χ3n) is 13.4. The van der Waals surface area contributed by atoms with E-state index in [0.29, 0.717) is 29.6 Å². The third-order valence-corrected chi connectivity index (χ3v) is 13.4. The van der Waals surface area contributed by atoms with Crippen LogP contribution in [0.4, 0.5) is 0 Å². The van der Waals surface area contributed by atoms with Gasteiger partial charge in [-0.25, -0.2) is 9.59 Å². The Morgan fingerprint density at radius 2 is 1.87 bits per heavy atom. The molecule has 1 aromatic heterocycles. The number of aliphatic hydroxyl groups is 2. The Bertz CT molecular complexity index is 1650. The zero-order valence-electron chi connectivity index (χ0n) is 27.0. The van der Waals surface area contributed by atoms with Crippen LogP contribution in [-0.4, -0.2) is 75.8 Å². The summed E-state index contributed by atoms with van der Waals surface area (Å²) in [6.07, 6.45) is 3.14. The van der Waals surface area contributed by atoms with Gasteiger partial charge in [0, 0.05) is 46.8 Å². The van der Waals surface area contributed by atoms with Gasteiger partial charge in [-0.15, -0.1) is 0 Å². The minimum atomic E-state index is -2.26. The van der Waals surface area contributed by atoms with Gasteiger partial charge >= 0.3 is 17.9 Å². The van der Waals surface area contributed by atoms with E-state index >= 15 is 0 Å². The van der Waals surface area contributed by atoms with Gasteiger partial charge in [0.15, 0.2) is 11.2 Å². The smallest absolute Gasteiger partial charge is 0.333 e. The Hall–Kier alpha value is -3.03. The summed E-state index contributed by atoms with van der Waals surface area (Å²) in [5.74, 6) is -4.26. The summed E-state index contributed by atoms with van der Waals surface area (Å²) in [7, 11) is 1.29. The van der Waals surface area contributed by atoms with Crippen LogP contribution in [0.2, 0.25) is 0 Å². The monoisotopic (exact) mass is 640 g/mol. The molecular formula is C34H40O12. The molecule has 4 aliphatic carbocycles. The molecule has 12 atom stereocenters. The molecule has 2 saturated heterocycles. The molecule has 4 bridgehead atoms. The highest BCUT2D eigenvalue weighted by atomic mass is 16.9. The molecule has 0 aromatic carbocycles. The molecule has 4 heterocycles. The summed E-state index contributed by atoms with van der Waals surface area (Å²) in [4.78, 5) is 40.1. The number of carbonyl (C=O) groups is 3. The van der Waals surface area contributed by atoms with Gasteiger partial charge in [-0.1, -0.05) is 26.8 Å². The zero-order valence-corrected chi connectivity index (χ0v) is 27.0. The standard InChI is InChI=1S/C34H40O12/c1-8-17(2)24(37)43-25-28(4)16-31(38)29(5,19(28)13-21(35)40-7)32-11-10-27(3)20(14-22(36)42-23(27)18-9-12-41-15-18)34(32)26(33(25,31)39)44-30(6,45-32)46-34/h8-9,12,14-15,19,23,25-26,38-39H,10-11,13,16H2,1-7H3/b17-8+/t19-,23-,25-,26+,27+,28+,29+,30?,31+,32?,33?,34?/m0/s1. The number of hydrogen-bond acceptors (Lipinski definition) is 12. The quantitative estimate of drug-likeness (QED) is 0.275. The molecule has 7 aliphatic rings. The molecule has 248 valence electrons. The van der Waals surface area contributed by atoms with E-state index in [4.69, 9.17) is 32.8 Å². The zero-order chi connectivity index (χ0) is 33.1. The van der Waals surface area contributed by atoms with Crippen molar-refractivity contribution in [1.29, 1.82) is 0 Å². The molecule has 2 N–H and O–H groups in total. The predicted molar refractivity (Wildman–Crippen MR) is 154 cm³/mol. The Kier molecular flexibility index (Phi) is 5.61. The maximum Gasteiger partial charge on any atom is 0.333 e. The van der Waals surface area contributed by atoms with Crippen LogP contribution in [0.15, 0.2) is 46.3 Å². The molecule has 12 nitrogen and oxygen atoms in total. The number of fused-ring (bicyclic) bond motifs is 4. The summed E-state index contributed by atoms with van der Waals surface area (Å²) >= 11 is 0. The highest BCUT2D eigenvalue weighted by Crippen LogP contribution is 2.87. The molecule has 1 spiro atoms. The van der Waals surface area contributed by atoms with Crippen molar-refractivity contribution in [3.8, 4) is 0 Å². The number of furan rings is 1. The number of esters is 3. The van der Waals surface area contributed by atoms with Crippen molar-refractivity contribution in [2.45, 2.75) is 114 Å². The van der Waals surface area contributed by atoms with E-state index < -0.39 is 86.8 Å². The van der Waals surface area contributed by atoms with E-state index in [9.17, 15) is 24.6 Å². The normalized spacial score (nSPS) is 52.5. The van der Waals surface area contributed by atoms with Gasteiger partial charge in [-0.2, -0.15) is 0 Å². The fourth-order valence-corrected chi connectivity index (χ4v) is 11.6. The fourth-order valence-electron chi connectivity index (χ4n) is 11.6. The minimum absolute atomic E-state index is 0.0186. The summed E-state index contributed by atoms with van der Waals surface area (Å²) < 4.78 is 43.0. The second kappa shape index (κ2) is 8.51. The van der Waals surface area contributed by atoms with Gasteiger partial charge in [-0.3, -0.25) is 4.79 Å². The first-order chi connectivity index (χ1) is 21.5. The molecular weight excluding hydrogens is 600 g/mol. The molecule has 4 saturated carbocycles. The highest BCUT2D eigenvalue weighted by Gasteiger charge is 3.01. The summed E-state index contributed by atoms with van der Waals surface area (Å²) in [6.45, 7) is 10.5. The van der Waals surface area contributed by atoms with Crippen molar-refractivity contribution in [1.82, 2.24) is 0 Å². The second-order valence-electron chi connectivity index (χ2n) is 15.1. The molecule has 1 aromatic rings.